The van der Waals surface area contributed by atoms with Gasteiger partial charge in [0.15, 0.2) is 5.15 Å². The summed E-state index contributed by atoms with van der Waals surface area (Å²) in [4.78, 5) is 43.7. The topological polar surface area (TPSA) is 186 Å². The number of benzene rings is 3. The number of unbranched alkanes of at least 4 members (excludes halogenated alkanes) is 1. The van der Waals surface area contributed by atoms with Gasteiger partial charge in [-0.05, 0) is 52.9 Å². The van der Waals surface area contributed by atoms with Gasteiger partial charge < -0.3 is 18.8 Å². The minimum Gasteiger partial charge on any atom is -0.456 e. The Hall–Kier alpha value is -5.83. The Balaban J connectivity index is 1.24. The number of hydrogen-bond acceptors (Lipinski definition) is 12. The van der Waals surface area contributed by atoms with Gasteiger partial charge in [-0.25, -0.2) is 14.6 Å². The highest BCUT2D eigenvalue weighted by molar-refractivity contribution is 6.30. The molecule has 1 atom stereocenters. The maximum absolute atomic E-state index is 13.0. The van der Waals surface area contributed by atoms with E-state index in [1.54, 1.807) is 12.1 Å². The third-order valence-corrected chi connectivity index (χ3v) is 7.66. The smallest absolute Gasteiger partial charge is 0.456 e. The number of hydrogen-bond donors (Lipinski definition) is 1. The van der Waals surface area contributed by atoms with E-state index in [1.165, 1.54) is 19.1 Å². The van der Waals surface area contributed by atoms with Crippen LogP contribution in [0.4, 0.5) is 4.79 Å². The van der Waals surface area contributed by atoms with Crippen LogP contribution in [0.3, 0.4) is 0 Å². The average Bonchev–Trinajstić information content (AvgIpc) is 3.73. The molecular formula is C33H32ClN7O8. The largest absolute Gasteiger partial charge is 0.510 e. The van der Waals surface area contributed by atoms with Crippen LogP contribution in [0.15, 0.2) is 72.8 Å². The van der Waals surface area contributed by atoms with E-state index in [-0.39, 0.29) is 23.9 Å². The molecule has 2 aromatic heterocycles. The van der Waals surface area contributed by atoms with Crippen molar-refractivity contribution in [2.45, 2.75) is 59.2 Å². The van der Waals surface area contributed by atoms with Gasteiger partial charge in [0.25, 0.3) is 5.09 Å². The van der Waals surface area contributed by atoms with E-state index in [0.29, 0.717) is 30.0 Å². The standard InChI is InChI=1S/C33H32ClN7O8/c1-3-4-9-29-35-30(34)28(20-46-32(42)25-16-12-23(13-17-25)19-47-33(43)48-21(2)49-41(44)45)40(29)18-22-10-14-24(15-11-22)26-7-5-6-8-27(26)31-36-38-39-37-31/h5-8,10-17,21H,3-4,9,18-20H2,1-2H3,(H,36,37,38,39). The highest BCUT2D eigenvalue weighted by Gasteiger charge is 2.19. The second-order valence-electron chi connectivity index (χ2n) is 10.8. The van der Waals surface area contributed by atoms with Crippen molar-refractivity contribution in [3.8, 4) is 22.5 Å². The van der Waals surface area contributed by atoms with Gasteiger partial charge in [-0.15, -0.1) is 20.3 Å². The lowest BCUT2D eigenvalue weighted by atomic mass is 9.98. The fourth-order valence-corrected chi connectivity index (χ4v) is 5.20. The molecule has 0 spiro atoms. The second-order valence-corrected chi connectivity index (χ2v) is 11.1. The van der Waals surface area contributed by atoms with Gasteiger partial charge in [-0.3, -0.25) is 4.84 Å². The number of tetrazole rings is 1. The number of nitrogens with one attached hydrogen (secondary N) is 1. The van der Waals surface area contributed by atoms with E-state index in [4.69, 9.17) is 21.1 Å². The monoisotopic (exact) mass is 689 g/mol. The molecule has 1 N–H and O–H groups in total. The first-order chi connectivity index (χ1) is 23.7. The quantitative estimate of drug-likeness (QED) is 0.0557. The number of imidazole rings is 1. The molecule has 49 heavy (non-hydrogen) atoms. The first-order valence-electron chi connectivity index (χ1n) is 15.3. The molecule has 5 rings (SSSR count). The summed E-state index contributed by atoms with van der Waals surface area (Å²) >= 11 is 6.60. The molecule has 5 aromatic rings. The number of aromatic amines is 1. The van der Waals surface area contributed by atoms with Crippen molar-refractivity contribution in [2.75, 3.05) is 0 Å². The zero-order chi connectivity index (χ0) is 34.8. The van der Waals surface area contributed by atoms with Gasteiger partial charge in [0.2, 0.25) is 12.1 Å². The van der Waals surface area contributed by atoms with Crippen molar-refractivity contribution >= 4 is 23.7 Å². The van der Waals surface area contributed by atoms with Crippen LogP contribution in [0.1, 0.15) is 59.7 Å². The molecule has 3 aromatic carbocycles. The zero-order valence-corrected chi connectivity index (χ0v) is 27.3. The normalized spacial score (nSPS) is 11.5. The third kappa shape index (κ3) is 9.16. The lowest BCUT2D eigenvalue weighted by molar-refractivity contribution is -0.777. The van der Waals surface area contributed by atoms with Crippen molar-refractivity contribution in [2.24, 2.45) is 0 Å². The Kier molecular flexibility index (Phi) is 11.5. The van der Waals surface area contributed by atoms with E-state index in [0.717, 1.165) is 40.9 Å². The van der Waals surface area contributed by atoms with Crippen molar-refractivity contribution in [1.29, 1.82) is 0 Å². The summed E-state index contributed by atoms with van der Waals surface area (Å²) in [7, 11) is 0. The maximum atomic E-state index is 13.0. The lowest BCUT2D eigenvalue weighted by Crippen LogP contribution is -2.21. The van der Waals surface area contributed by atoms with E-state index in [9.17, 15) is 19.7 Å². The summed E-state index contributed by atoms with van der Waals surface area (Å²) in [6.45, 7) is 3.44. The average molecular weight is 690 g/mol. The van der Waals surface area contributed by atoms with Crippen LogP contribution in [0.5, 0.6) is 0 Å². The summed E-state index contributed by atoms with van der Waals surface area (Å²) in [5.41, 5.74) is 5.20. The van der Waals surface area contributed by atoms with E-state index in [1.807, 2.05) is 53.1 Å². The Morgan fingerprint density at radius 1 is 0.980 bits per heavy atom. The molecule has 254 valence electrons. The Bertz CT molecular complexity index is 1880. The van der Waals surface area contributed by atoms with E-state index >= 15 is 0 Å². The molecule has 1 unspecified atom stereocenters. The van der Waals surface area contributed by atoms with Crippen molar-refractivity contribution in [3.05, 3.63) is 116 Å². The van der Waals surface area contributed by atoms with Crippen LogP contribution in [0.25, 0.3) is 22.5 Å². The van der Waals surface area contributed by atoms with Crippen LogP contribution in [-0.2, 0) is 45.2 Å². The number of aromatic nitrogens is 6. The van der Waals surface area contributed by atoms with Crippen LogP contribution in [0.2, 0.25) is 5.15 Å². The Morgan fingerprint density at radius 2 is 1.69 bits per heavy atom. The number of carbonyl (C=O) groups is 2. The molecule has 0 aliphatic heterocycles. The summed E-state index contributed by atoms with van der Waals surface area (Å²) in [6, 6.07) is 22.1. The maximum Gasteiger partial charge on any atom is 0.510 e. The number of rotatable bonds is 15. The van der Waals surface area contributed by atoms with E-state index < -0.39 is 23.5 Å². The molecule has 15 nitrogen and oxygen atoms in total. The molecule has 0 fully saturated rings. The highest BCUT2D eigenvalue weighted by atomic mass is 35.5. The van der Waals surface area contributed by atoms with Gasteiger partial charge in [-0.2, -0.15) is 5.21 Å². The Labute approximate surface area is 285 Å². The molecular weight excluding hydrogens is 658 g/mol. The van der Waals surface area contributed by atoms with Crippen molar-refractivity contribution in [1.82, 2.24) is 30.2 Å². The number of halogens is 1. The number of ether oxygens (including phenoxy) is 3. The molecule has 16 heteroatoms. The summed E-state index contributed by atoms with van der Waals surface area (Å²) < 4.78 is 17.2. The van der Waals surface area contributed by atoms with Crippen LogP contribution >= 0.6 is 11.6 Å². The van der Waals surface area contributed by atoms with Gasteiger partial charge in [0, 0.05) is 18.5 Å². The first-order valence-corrected chi connectivity index (χ1v) is 15.7. The summed E-state index contributed by atoms with van der Waals surface area (Å²) in [6.07, 6.45) is 0.0223. The fourth-order valence-electron chi connectivity index (χ4n) is 4.94. The summed E-state index contributed by atoms with van der Waals surface area (Å²) in [5, 5.41) is 23.9. The summed E-state index contributed by atoms with van der Waals surface area (Å²) in [5.74, 6) is 0.724. The third-order valence-electron chi connectivity index (χ3n) is 7.36. The van der Waals surface area contributed by atoms with Gasteiger partial charge in [0.1, 0.15) is 19.0 Å². The molecule has 2 heterocycles. The molecule has 0 saturated carbocycles. The predicted molar refractivity (Wildman–Crippen MR) is 174 cm³/mol. The second kappa shape index (κ2) is 16.3. The molecule has 0 aliphatic carbocycles. The zero-order valence-electron chi connectivity index (χ0n) is 26.6. The van der Waals surface area contributed by atoms with Gasteiger partial charge in [-0.1, -0.05) is 85.6 Å². The molecule has 0 aliphatic rings. The number of carbonyl (C=O) groups excluding carboxylic acids is 2. The number of H-pyrrole nitrogens is 1. The predicted octanol–water partition coefficient (Wildman–Crippen LogP) is 6.34. The fraction of sp³-hybridized carbons (Fsp3) is 0.273. The lowest BCUT2D eigenvalue weighted by Gasteiger charge is -2.14. The molecule has 0 radical (unpaired) electrons. The number of esters is 1. The molecule has 0 bridgehead atoms. The van der Waals surface area contributed by atoms with Gasteiger partial charge in [0.05, 0.1) is 11.3 Å². The van der Waals surface area contributed by atoms with Crippen LogP contribution in [0, 0.1) is 10.1 Å². The number of aryl methyl sites for hydroxylation is 1. The van der Waals surface area contributed by atoms with Crippen LogP contribution in [-0.4, -0.2) is 53.7 Å². The molecule has 0 amide bonds. The first kappa shape index (κ1) is 34.5. The SMILES string of the molecule is CCCCc1nc(Cl)c(COC(=O)c2ccc(COC(=O)OC(C)O[N+](=O)[O-])cc2)n1Cc1ccc(-c2ccccc2-c2nn[nH]n2)cc1. The van der Waals surface area contributed by atoms with Gasteiger partial charge >= 0.3 is 12.1 Å². The van der Waals surface area contributed by atoms with Crippen molar-refractivity contribution in [3.63, 3.8) is 0 Å². The molecule has 0 saturated heterocycles. The minimum atomic E-state index is -1.43. The van der Waals surface area contributed by atoms with Crippen LogP contribution < -0.4 is 0 Å². The van der Waals surface area contributed by atoms with Crippen molar-refractivity contribution < 1.29 is 33.7 Å². The van der Waals surface area contributed by atoms with E-state index in [2.05, 4.69) is 42.1 Å². The Morgan fingerprint density at radius 3 is 2.37 bits per heavy atom. The highest BCUT2D eigenvalue weighted by Crippen LogP contribution is 2.30. The number of nitrogens with zero attached hydrogens (tertiary/aromatic N) is 6. The minimum absolute atomic E-state index is 0.103.